The minimum absolute atomic E-state index is 0.118. The number of aliphatic hydroxyl groups is 1. The third-order valence-corrected chi connectivity index (χ3v) is 2.90. The van der Waals surface area contributed by atoms with E-state index >= 15 is 0 Å². The molecule has 1 saturated heterocycles. The molecular formula is C9H16ClNO3. The normalized spacial score (nSPS) is 20.6. The van der Waals surface area contributed by atoms with Gasteiger partial charge in [-0.1, -0.05) is 18.5 Å². The fraction of sp³-hybridized carbons (Fsp3) is 0.889. The van der Waals surface area contributed by atoms with E-state index in [9.17, 15) is 9.90 Å². The number of carbonyl (C=O) groups excluding carboxylic acids is 1. The van der Waals surface area contributed by atoms with Gasteiger partial charge >= 0.3 is 6.09 Å². The van der Waals surface area contributed by atoms with Crippen LogP contribution in [0.25, 0.3) is 0 Å². The summed E-state index contributed by atoms with van der Waals surface area (Å²) in [7, 11) is 0. The van der Waals surface area contributed by atoms with Crippen LogP contribution in [0.1, 0.15) is 26.2 Å². The first-order chi connectivity index (χ1) is 6.61. The Labute approximate surface area is 88.8 Å². The van der Waals surface area contributed by atoms with Gasteiger partial charge in [0, 0.05) is 13.1 Å². The highest BCUT2D eigenvalue weighted by atomic mass is 35.5. The second-order valence-electron chi connectivity index (χ2n) is 3.58. The van der Waals surface area contributed by atoms with Crippen LogP contribution >= 0.6 is 11.6 Å². The molecule has 1 N–H and O–H groups in total. The van der Waals surface area contributed by atoms with Crippen molar-refractivity contribution in [2.24, 2.45) is 0 Å². The van der Waals surface area contributed by atoms with Crippen LogP contribution in [0.4, 0.5) is 4.79 Å². The number of likely N-dealkylation sites (tertiary alicyclic amines) is 1. The van der Waals surface area contributed by atoms with Crippen molar-refractivity contribution in [2.45, 2.75) is 31.8 Å². The summed E-state index contributed by atoms with van der Waals surface area (Å²) in [5.41, 5.74) is -0.599. The summed E-state index contributed by atoms with van der Waals surface area (Å²) in [4.78, 5) is 12.8. The summed E-state index contributed by atoms with van der Waals surface area (Å²) in [5, 5.41) is 9.90. The highest BCUT2D eigenvalue weighted by Crippen LogP contribution is 2.25. The predicted molar refractivity (Wildman–Crippen MR) is 53.2 cm³/mol. The molecule has 0 atom stereocenters. The largest absolute Gasteiger partial charge is 0.433 e. The van der Waals surface area contributed by atoms with E-state index in [4.69, 9.17) is 11.6 Å². The third-order valence-electron chi connectivity index (χ3n) is 2.79. The number of ether oxygens (including phenoxy) is 1. The molecule has 0 aromatic rings. The van der Waals surface area contributed by atoms with Crippen LogP contribution in [-0.2, 0) is 4.74 Å². The smallest absolute Gasteiger partial charge is 0.410 e. The van der Waals surface area contributed by atoms with Crippen molar-refractivity contribution in [3.8, 4) is 0 Å². The van der Waals surface area contributed by atoms with E-state index in [0.29, 0.717) is 25.9 Å². The molecule has 1 heterocycles. The van der Waals surface area contributed by atoms with Gasteiger partial charge in [-0.15, -0.1) is 0 Å². The molecule has 0 saturated carbocycles. The Bertz CT molecular complexity index is 202. The molecule has 0 unspecified atom stereocenters. The quantitative estimate of drug-likeness (QED) is 0.720. The molecule has 1 aliphatic heterocycles. The minimum Gasteiger partial charge on any atom is -0.433 e. The van der Waals surface area contributed by atoms with E-state index in [0.717, 1.165) is 6.42 Å². The van der Waals surface area contributed by atoms with Crippen molar-refractivity contribution in [2.75, 3.05) is 19.2 Å². The zero-order valence-electron chi connectivity index (χ0n) is 8.33. The van der Waals surface area contributed by atoms with Crippen molar-refractivity contribution >= 4 is 17.7 Å². The number of hydrogen-bond acceptors (Lipinski definition) is 3. The molecule has 0 aromatic heterocycles. The molecule has 14 heavy (non-hydrogen) atoms. The first-order valence-corrected chi connectivity index (χ1v) is 5.35. The fourth-order valence-electron chi connectivity index (χ4n) is 1.60. The van der Waals surface area contributed by atoms with Gasteiger partial charge in [0.1, 0.15) is 0 Å². The summed E-state index contributed by atoms with van der Waals surface area (Å²) < 4.78 is 4.65. The number of halogens is 1. The standard InChI is InChI=1S/C9H16ClNO3/c1-2-9(13)3-5-11(6-4-9)8(12)14-7-10/h13H,2-7H2,1H3. The number of nitrogens with zero attached hydrogens (tertiary/aromatic N) is 1. The first-order valence-electron chi connectivity index (χ1n) is 4.81. The fourth-order valence-corrected chi connectivity index (χ4v) is 1.69. The highest BCUT2D eigenvalue weighted by Gasteiger charge is 2.32. The molecule has 5 heteroatoms. The number of carbonyl (C=O) groups is 1. The SMILES string of the molecule is CCC1(O)CCN(C(=O)OCCl)CC1. The Morgan fingerprint density at radius 1 is 1.57 bits per heavy atom. The minimum atomic E-state index is -0.599. The Balaban J connectivity index is 2.39. The van der Waals surface area contributed by atoms with Crippen LogP contribution < -0.4 is 0 Å². The van der Waals surface area contributed by atoms with Gasteiger partial charge in [-0.2, -0.15) is 0 Å². The van der Waals surface area contributed by atoms with Gasteiger partial charge in [0.2, 0.25) is 0 Å². The monoisotopic (exact) mass is 221 g/mol. The molecule has 0 aliphatic carbocycles. The van der Waals surface area contributed by atoms with Gasteiger partial charge in [0.25, 0.3) is 0 Å². The van der Waals surface area contributed by atoms with E-state index in [1.165, 1.54) is 0 Å². The molecule has 0 aromatic carbocycles. The van der Waals surface area contributed by atoms with Crippen LogP contribution in [0, 0.1) is 0 Å². The molecule has 1 amide bonds. The molecular weight excluding hydrogens is 206 g/mol. The summed E-state index contributed by atoms with van der Waals surface area (Å²) in [5.74, 6) is 0. The van der Waals surface area contributed by atoms with Gasteiger partial charge in [0.15, 0.2) is 6.07 Å². The van der Waals surface area contributed by atoms with Crippen LogP contribution in [0.15, 0.2) is 0 Å². The molecule has 1 aliphatic rings. The maximum absolute atomic E-state index is 11.2. The topological polar surface area (TPSA) is 49.8 Å². The summed E-state index contributed by atoms with van der Waals surface area (Å²) in [6, 6.07) is -0.118. The molecule has 82 valence electrons. The zero-order chi connectivity index (χ0) is 10.6. The second-order valence-corrected chi connectivity index (χ2v) is 3.80. The first kappa shape index (κ1) is 11.6. The van der Waals surface area contributed by atoms with Gasteiger partial charge in [-0.3, -0.25) is 0 Å². The van der Waals surface area contributed by atoms with Crippen molar-refractivity contribution in [1.29, 1.82) is 0 Å². The van der Waals surface area contributed by atoms with Crippen molar-refractivity contribution in [3.63, 3.8) is 0 Å². The maximum atomic E-state index is 11.2. The average Bonchev–Trinajstić information content (AvgIpc) is 2.19. The lowest BCUT2D eigenvalue weighted by molar-refractivity contribution is -0.0216. The Morgan fingerprint density at radius 2 is 2.14 bits per heavy atom. The Hall–Kier alpha value is -0.480. The lowest BCUT2D eigenvalue weighted by atomic mass is 9.89. The Kier molecular flexibility index (Phi) is 4.01. The van der Waals surface area contributed by atoms with E-state index in [1.54, 1.807) is 4.90 Å². The third kappa shape index (κ3) is 2.75. The van der Waals surface area contributed by atoms with Crippen molar-refractivity contribution in [1.82, 2.24) is 4.90 Å². The van der Waals surface area contributed by atoms with Crippen LogP contribution in [-0.4, -0.2) is 40.9 Å². The van der Waals surface area contributed by atoms with Gasteiger partial charge in [-0.05, 0) is 19.3 Å². The summed E-state index contributed by atoms with van der Waals surface area (Å²) in [6.45, 7) is 3.03. The lowest BCUT2D eigenvalue weighted by Crippen LogP contribution is -2.46. The van der Waals surface area contributed by atoms with Crippen LogP contribution in [0.5, 0.6) is 0 Å². The molecule has 1 rings (SSSR count). The number of amides is 1. The van der Waals surface area contributed by atoms with Gasteiger partial charge in [0.05, 0.1) is 5.60 Å². The second kappa shape index (κ2) is 4.84. The van der Waals surface area contributed by atoms with Crippen LogP contribution in [0.3, 0.4) is 0 Å². The highest BCUT2D eigenvalue weighted by molar-refractivity contribution is 6.17. The summed E-state index contributed by atoms with van der Waals surface area (Å²) >= 11 is 5.28. The van der Waals surface area contributed by atoms with E-state index in [2.05, 4.69) is 4.74 Å². The number of rotatable bonds is 2. The summed E-state index contributed by atoms with van der Waals surface area (Å²) in [6.07, 6.45) is 1.56. The predicted octanol–water partition coefficient (Wildman–Crippen LogP) is 1.56. The lowest BCUT2D eigenvalue weighted by Gasteiger charge is -2.36. The molecule has 4 nitrogen and oxygen atoms in total. The van der Waals surface area contributed by atoms with Crippen molar-refractivity contribution in [3.05, 3.63) is 0 Å². The van der Waals surface area contributed by atoms with Gasteiger partial charge < -0.3 is 14.7 Å². The molecule has 0 radical (unpaired) electrons. The number of hydrogen-bond donors (Lipinski definition) is 1. The van der Waals surface area contributed by atoms with Gasteiger partial charge in [-0.25, -0.2) is 4.79 Å². The maximum Gasteiger partial charge on any atom is 0.410 e. The van der Waals surface area contributed by atoms with Crippen molar-refractivity contribution < 1.29 is 14.6 Å². The zero-order valence-corrected chi connectivity index (χ0v) is 9.09. The molecule has 1 fully saturated rings. The number of alkyl halides is 1. The number of piperidine rings is 1. The van der Waals surface area contributed by atoms with Crippen LogP contribution in [0.2, 0.25) is 0 Å². The van der Waals surface area contributed by atoms with E-state index < -0.39 is 11.7 Å². The molecule has 0 spiro atoms. The Morgan fingerprint density at radius 3 is 2.57 bits per heavy atom. The van der Waals surface area contributed by atoms with E-state index in [-0.39, 0.29) is 6.07 Å². The molecule has 0 bridgehead atoms. The van der Waals surface area contributed by atoms with E-state index in [1.807, 2.05) is 6.92 Å². The average molecular weight is 222 g/mol.